The number of halogens is 3. The van der Waals surface area contributed by atoms with Gasteiger partial charge >= 0.3 is 0 Å². The zero-order valence-corrected chi connectivity index (χ0v) is 10.2. The maximum absolute atomic E-state index is 12.8. The summed E-state index contributed by atoms with van der Waals surface area (Å²) in [5.41, 5.74) is 0.257. The van der Waals surface area contributed by atoms with Crippen LogP contribution in [0.3, 0.4) is 0 Å². The molecule has 1 nitrogen and oxygen atoms in total. The van der Waals surface area contributed by atoms with Crippen molar-refractivity contribution < 1.29 is 9.18 Å². The first-order valence-corrected chi connectivity index (χ1v) is 5.96. The van der Waals surface area contributed by atoms with Gasteiger partial charge in [0.05, 0.1) is 14.9 Å². The second kappa shape index (κ2) is 4.53. The van der Waals surface area contributed by atoms with Gasteiger partial charge in [-0.1, -0.05) is 23.2 Å². The first-order chi connectivity index (χ1) is 7.59. The van der Waals surface area contributed by atoms with E-state index < -0.39 is 5.82 Å². The molecule has 82 valence electrons. The van der Waals surface area contributed by atoms with Crippen LogP contribution in [0.2, 0.25) is 10.0 Å². The van der Waals surface area contributed by atoms with Crippen LogP contribution in [0, 0.1) is 5.82 Å². The second-order valence-electron chi connectivity index (χ2n) is 3.05. The molecule has 0 atom stereocenters. The molecule has 16 heavy (non-hydrogen) atoms. The zero-order valence-electron chi connectivity index (χ0n) is 7.84. The Morgan fingerprint density at radius 2 is 1.94 bits per heavy atom. The third-order valence-electron chi connectivity index (χ3n) is 2.00. The lowest BCUT2D eigenvalue weighted by Gasteiger charge is -2.02. The molecule has 2 aromatic rings. The van der Waals surface area contributed by atoms with Gasteiger partial charge in [-0.2, -0.15) is 0 Å². The molecule has 0 unspecified atom stereocenters. The van der Waals surface area contributed by atoms with Crippen molar-refractivity contribution in [2.75, 3.05) is 0 Å². The molecule has 0 bridgehead atoms. The summed E-state index contributed by atoms with van der Waals surface area (Å²) < 4.78 is 12.8. The van der Waals surface area contributed by atoms with Crippen molar-refractivity contribution >= 4 is 40.3 Å². The molecule has 0 amide bonds. The molecule has 0 saturated heterocycles. The largest absolute Gasteiger partial charge is 0.288 e. The van der Waals surface area contributed by atoms with Crippen LogP contribution in [-0.2, 0) is 0 Å². The van der Waals surface area contributed by atoms with Gasteiger partial charge in [0.15, 0.2) is 0 Å². The molecular formula is C11H5Cl2FOS. The first kappa shape index (κ1) is 11.6. The SMILES string of the molecule is O=C(c1ccc(F)cc1Cl)c1sccc1Cl. The van der Waals surface area contributed by atoms with Gasteiger partial charge in [-0.05, 0) is 29.6 Å². The summed E-state index contributed by atoms with van der Waals surface area (Å²) in [4.78, 5) is 12.4. The Bertz CT molecular complexity index is 551. The number of carbonyl (C=O) groups is 1. The van der Waals surface area contributed by atoms with E-state index in [4.69, 9.17) is 23.2 Å². The molecule has 0 fully saturated rings. The van der Waals surface area contributed by atoms with Gasteiger partial charge in [0.1, 0.15) is 5.82 Å². The molecule has 0 spiro atoms. The zero-order chi connectivity index (χ0) is 11.7. The summed E-state index contributed by atoms with van der Waals surface area (Å²) in [6.45, 7) is 0. The highest BCUT2D eigenvalue weighted by Gasteiger charge is 2.17. The third kappa shape index (κ3) is 2.12. The molecule has 2 rings (SSSR count). The minimum Gasteiger partial charge on any atom is -0.288 e. The summed E-state index contributed by atoms with van der Waals surface area (Å²) in [6, 6.07) is 5.30. The van der Waals surface area contributed by atoms with Crippen LogP contribution >= 0.6 is 34.5 Å². The molecule has 1 aromatic heterocycles. The molecule has 0 N–H and O–H groups in total. The molecule has 0 aliphatic rings. The number of hydrogen-bond acceptors (Lipinski definition) is 2. The highest BCUT2D eigenvalue weighted by Crippen LogP contribution is 2.28. The van der Waals surface area contributed by atoms with E-state index >= 15 is 0 Å². The van der Waals surface area contributed by atoms with E-state index in [1.54, 1.807) is 11.4 Å². The van der Waals surface area contributed by atoms with Crippen LogP contribution in [0.25, 0.3) is 0 Å². The number of benzene rings is 1. The molecule has 0 aliphatic heterocycles. The average molecular weight is 275 g/mol. The van der Waals surface area contributed by atoms with Gasteiger partial charge in [-0.15, -0.1) is 11.3 Å². The van der Waals surface area contributed by atoms with Crippen molar-refractivity contribution in [3.63, 3.8) is 0 Å². The smallest absolute Gasteiger partial charge is 0.205 e. The van der Waals surface area contributed by atoms with Crippen molar-refractivity contribution in [2.45, 2.75) is 0 Å². The number of ketones is 1. The highest BCUT2D eigenvalue weighted by atomic mass is 35.5. The minimum absolute atomic E-state index is 0.0921. The predicted octanol–water partition coefficient (Wildman–Crippen LogP) is 4.43. The van der Waals surface area contributed by atoms with Crippen molar-refractivity contribution in [2.24, 2.45) is 0 Å². The van der Waals surface area contributed by atoms with Crippen LogP contribution in [0.15, 0.2) is 29.6 Å². The fourth-order valence-corrected chi connectivity index (χ4v) is 2.60. The fourth-order valence-electron chi connectivity index (χ4n) is 1.25. The number of thiophene rings is 1. The minimum atomic E-state index is -0.473. The molecule has 0 aliphatic carbocycles. The van der Waals surface area contributed by atoms with Gasteiger partial charge < -0.3 is 0 Å². The van der Waals surface area contributed by atoms with Gasteiger partial charge in [0, 0.05) is 5.56 Å². The van der Waals surface area contributed by atoms with E-state index in [-0.39, 0.29) is 16.4 Å². The summed E-state index contributed by atoms with van der Waals surface area (Å²) >= 11 is 12.9. The van der Waals surface area contributed by atoms with E-state index in [1.807, 2.05) is 0 Å². The summed E-state index contributed by atoms with van der Waals surface area (Å²) in [7, 11) is 0. The summed E-state index contributed by atoms with van der Waals surface area (Å²) in [5.74, 6) is -0.760. The predicted molar refractivity (Wildman–Crippen MR) is 64.2 cm³/mol. The maximum atomic E-state index is 12.8. The van der Waals surface area contributed by atoms with Crippen LogP contribution < -0.4 is 0 Å². The average Bonchev–Trinajstić information content (AvgIpc) is 2.63. The standard InChI is InChI=1S/C11H5Cl2FOS/c12-8-3-4-16-11(8)10(15)7-2-1-6(14)5-9(7)13/h1-5H. The lowest BCUT2D eigenvalue weighted by molar-refractivity contribution is 0.104. The maximum Gasteiger partial charge on any atom is 0.205 e. The molecule has 1 aromatic carbocycles. The van der Waals surface area contributed by atoms with Crippen molar-refractivity contribution in [3.8, 4) is 0 Å². The molecule has 0 saturated carbocycles. The van der Waals surface area contributed by atoms with E-state index in [9.17, 15) is 9.18 Å². The molecule has 1 heterocycles. The Morgan fingerprint density at radius 1 is 1.19 bits per heavy atom. The van der Waals surface area contributed by atoms with Crippen LogP contribution in [0.5, 0.6) is 0 Å². The van der Waals surface area contributed by atoms with Crippen molar-refractivity contribution in [1.29, 1.82) is 0 Å². The quantitative estimate of drug-likeness (QED) is 0.741. The molecular weight excluding hydrogens is 270 g/mol. The van der Waals surface area contributed by atoms with Gasteiger partial charge in [-0.3, -0.25) is 4.79 Å². The van der Waals surface area contributed by atoms with E-state index in [0.29, 0.717) is 9.90 Å². The summed E-state index contributed by atoms with van der Waals surface area (Å²) in [6.07, 6.45) is 0. The van der Waals surface area contributed by atoms with Gasteiger partial charge in [0.2, 0.25) is 5.78 Å². The third-order valence-corrected chi connectivity index (χ3v) is 3.65. The normalized spacial score (nSPS) is 10.4. The Balaban J connectivity index is 2.46. The van der Waals surface area contributed by atoms with Gasteiger partial charge in [0.25, 0.3) is 0 Å². The Labute approximate surface area is 105 Å². The Kier molecular flexibility index (Phi) is 3.28. The highest BCUT2D eigenvalue weighted by molar-refractivity contribution is 7.13. The monoisotopic (exact) mass is 274 g/mol. The second-order valence-corrected chi connectivity index (χ2v) is 4.78. The van der Waals surface area contributed by atoms with E-state index in [0.717, 1.165) is 6.07 Å². The van der Waals surface area contributed by atoms with Crippen LogP contribution in [0.1, 0.15) is 15.2 Å². The van der Waals surface area contributed by atoms with E-state index in [1.165, 1.54) is 23.5 Å². The summed E-state index contributed by atoms with van der Waals surface area (Å²) in [5, 5.41) is 2.19. The number of carbonyl (C=O) groups excluding carboxylic acids is 1. The lowest BCUT2D eigenvalue weighted by atomic mass is 10.1. The topological polar surface area (TPSA) is 17.1 Å². The van der Waals surface area contributed by atoms with Crippen molar-refractivity contribution in [1.82, 2.24) is 0 Å². The Morgan fingerprint density at radius 3 is 2.50 bits per heavy atom. The van der Waals surface area contributed by atoms with Gasteiger partial charge in [-0.25, -0.2) is 4.39 Å². The lowest BCUT2D eigenvalue weighted by Crippen LogP contribution is -2.00. The van der Waals surface area contributed by atoms with Crippen molar-refractivity contribution in [3.05, 3.63) is 55.9 Å². The van der Waals surface area contributed by atoms with E-state index in [2.05, 4.69) is 0 Å². The molecule has 5 heteroatoms. The van der Waals surface area contributed by atoms with Crippen LogP contribution in [0.4, 0.5) is 4.39 Å². The van der Waals surface area contributed by atoms with Crippen LogP contribution in [-0.4, -0.2) is 5.78 Å². The fraction of sp³-hybridized carbons (Fsp3) is 0. The first-order valence-electron chi connectivity index (χ1n) is 4.32. The molecule has 0 radical (unpaired) electrons. The number of hydrogen-bond donors (Lipinski definition) is 0. The number of rotatable bonds is 2. The Hall–Kier alpha value is -0.900.